The summed E-state index contributed by atoms with van der Waals surface area (Å²) in [6, 6.07) is 0. The van der Waals surface area contributed by atoms with Crippen molar-refractivity contribution in [2.75, 3.05) is 0 Å². The van der Waals surface area contributed by atoms with Gasteiger partial charge in [0.1, 0.15) is 0 Å². The number of carbonyl (C=O) groups is 2. The van der Waals surface area contributed by atoms with E-state index in [9.17, 15) is 9.59 Å². The van der Waals surface area contributed by atoms with Crippen LogP contribution >= 0.6 is 0 Å². The van der Waals surface area contributed by atoms with Gasteiger partial charge in [0, 0.05) is 0 Å². The number of rotatable bonds is 5. The number of hydrogen-bond donors (Lipinski definition) is 2. The van der Waals surface area contributed by atoms with Crippen LogP contribution in [0, 0.1) is 0 Å². The van der Waals surface area contributed by atoms with E-state index >= 15 is 0 Å². The molecular weight excluding hydrogens is 442 g/mol. The summed E-state index contributed by atoms with van der Waals surface area (Å²) in [4.78, 5) is 37.4. The average Bonchev–Trinajstić information content (AvgIpc) is 2.19. The Bertz CT molecular complexity index is 292. The molecule has 0 bridgehead atoms. The molecule has 4 nitrogen and oxygen atoms in total. The Morgan fingerprint density at radius 2 is 1.28 bits per heavy atom. The molecule has 0 aliphatic rings. The third-order valence-corrected chi connectivity index (χ3v) is 49.4. The summed E-state index contributed by atoms with van der Waals surface area (Å²) < 4.78 is 0.659. The summed E-state index contributed by atoms with van der Waals surface area (Å²) >= 11 is -4.16. The normalized spacial score (nSPS) is 12.4. The summed E-state index contributed by atoms with van der Waals surface area (Å²) in [5, 5.41) is 0. The van der Waals surface area contributed by atoms with Gasteiger partial charge < -0.3 is 0 Å². The van der Waals surface area contributed by atoms with E-state index < -0.39 is 36.8 Å². The fourth-order valence-electron chi connectivity index (χ4n) is 2.38. The van der Waals surface area contributed by atoms with Crippen molar-refractivity contribution in [1.82, 2.24) is 10.9 Å². The van der Waals surface area contributed by atoms with Crippen LogP contribution in [0.1, 0.15) is 19.8 Å². The molecule has 0 aromatic carbocycles. The zero-order valence-electron chi connectivity index (χ0n) is 12.8. The van der Waals surface area contributed by atoms with Gasteiger partial charge in [-0.1, -0.05) is 0 Å². The maximum absolute atomic E-state index is 11.9. The fraction of sp³-hybridized carbons (Fsp3) is 0.833. The van der Waals surface area contributed by atoms with Crippen molar-refractivity contribution in [3.05, 3.63) is 0 Å². The van der Waals surface area contributed by atoms with E-state index in [4.69, 9.17) is 0 Å². The van der Waals surface area contributed by atoms with E-state index in [-0.39, 0.29) is 11.8 Å². The molecule has 2 N–H and O–H groups in total. The summed E-state index contributed by atoms with van der Waals surface area (Å²) in [6.45, 7) is 1.77. The van der Waals surface area contributed by atoms with Gasteiger partial charge in [-0.25, -0.2) is 0 Å². The Morgan fingerprint density at radius 1 is 0.889 bits per heavy atom. The van der Waals surface area contributed by atoms with Crippen molar-refractivity contribution in [2.24, 2.45) is 0 Å². The van der Waals surface area contributed by atoms with Gasteiger partial charge in [0.05, 0.1) is 0 Å². The Kier molecular flexibility index (Phi) is 7.57. The average molecular weight is 470 g/mol. The van der Waals surface area contributed by atoms with E-state index in [2.05, 4.69) is 40.5 Å². The molecular formula is C12H28N2O2Sn2. The molecule has 2 amide bonds. The molecule has 0 aromatic rings. The van der Waals surface area contributed by atoms with Crippen molar-refractivity contribution in [3.8, 4) is 0 Å². The Morgan fingerprint density at radius 3 is 1.61 bits per heavy atom. The third-order valence-electron chi connectivity index (χ3n) is 3.14. The van der Waals surface area contributed by atoms with Gasteiger partial charge in [-0.05, 0) is 0 Å². The first-order valence-electron chi connectivity index (χ1n) is 6.56. The van der Waals surface area contributed by atoms with E-state index in [1.54, 1.807) is 6.92 Å². The van der Waals surface area contributed by atoms with Gasteiger partial charge >= 0.3 is 120 Å². The quantitative estimate of drug-likeness (QED) is 0.480. The van der Waals surface area contributed by atoms with Crippen LogP contribution in [-0.2, 0) is 9.59 Å². The second-order valence-corrected chi connectivity index (χ2v) is 42.6. The minimum absolute atomic E-state index is 0.0277. The second kappa shape index (κ2) is 7.35. The predicted molar refractivity (Wildman–Crippen MR) is 81.6 cm³/mol. The van der Waals surface area contributed by atoms with Crippen LogP contribution in [0.4, 0.5) is 0 Å². The van der Waals surface area contributed by atoms with Crippen molar-refractivity contribution in [3.63, 3.8) is 0 Å². The van der Waals surface area contributed by atoms with Gasteiger partial charge in [-0.3, -0.25) is 0 Å². The van der Waals surface area contributed by atoms with Crippen LogP contribution in [-0.4, -0.2) is 48.6 Å². The van der Waals surface area contributed by atoms with Crippen LogP contribution in [0.3, 0.4) is 0 Å². The number of amides is 2. The van der Waals surface area contributed by atoms with E-state index in [1.165, 1.54) is 0 Å². The second-order valence-electron chi connectivity index (χ2n) is 6.94. The molecule has 0 spiro atoms. The molecule has 18 heavy (non-hydrogen) atoms. The molecule has 106 valence electrons. The van der Waals surface area contributed by atoms with Gasteiger partial charge in [-0.2, -0.15) is 0 Å². The van der Waals surface area contributed by atoms with Gasteiger partial charge in [0.25, 0.3) is 0 Å². The Labute approximate surface area is 119 Å². The molecule has 0 fully saturated rings. The molecule has 0 aliphatic carbocycles. The van der Waals surface area contributed by atoms with Crippen LogP contribution in [0.25, 0.3) is 0 Å². The van der Waals surface area contributed by atoms with E-state index in [0.717, 1.165) is 0 Å². The number of carbonyl (C=O) groups excluding carboxylic acids is 2. The minimum atomic E-state index is -2.08. The number of nitrogens with one attached hydrogen (secondary N) is 2. The molecule has 0 aromatic heterocycles. The fourth-order valence-corrected chi connectivity index (χ4v) is 64.1. The van der Waals surface area contributed by atoms with Crippen molar-refractivity contribution < 1.29 is 9.59 Å². The molecule has 0 saturated heterocycles. The number of hydrogen-bond acceptors (Lipinski definition) is 2. The summed E-state index contributed by atoms with van der Waals surface area (Å²) in [5.41, 5.74) is 4.99. The SMILES string of the molecule is CCC(=O)NNC(=O)C[CH]([Sn]([CH3])([CH3])[CH3])[Sn]([CH3])([CH3])[CH3]. The predicted octanol–water partition coefficient (Wildman–Crippen LogP) is 2.52. The topological polar surface area (TPSA) is 58.2 Å². The van der Waals surface area contributed by atoms with Crippen LogP contribution in [0.2, 0.25) is 31.6 Å². The summed E-state index contributed by atoms with van der Waals surface area (Å²) in [6.07, 6.45) is 0.990. The molecule has 0 atom stereocenters. The van der Waals surface area contributed by atoms with Crippen molar-refractivity contribution in [2.45, 2.75) is 51.4 Å². The molecule has 0 radical (unpaired) electrons. The van der Waals surface area contributed by atoms with E-state index in [1.807, 2.05) is 0 Å². The molecule has 0 saturated carbocycles. The Hall–Kier alpha value is 0.537. The first-order chi connectivity index (χ1) is 7.98. The third kappa shape index (κ3) is 7.21. The molecule has 0 rings (SSSR count). The van der Waals surface area contributed by atoms with Gasteiger partial charge in [0.15, 0.2) is 0 Å². The van der Waals surface area contributed by atoms with Crippen LogP contribution in [0.5, 0.6) is 0 Å². The molecule has 0 unspecified atom stereocenters. The standard InChI is InChI=1S/C6H10N2O2.6CH3.2Sn/c1-3-5(9)7-8-6(10)4-2;;;;;;;;/h1H,3-4H2,2H3,(H,7,9)(H,8,10);6*1H3;;. The molecule has 0 heterocycles. The monoisotopic (exact) mass is 472 g/mol. The van der Waals surface area contributed by atoms with Crippen LogP contribution < -0.4 is 10.9 Å². The first kappa shape index (κ1) is 18.5. The van der Waals surface area contributed by atoms with Crippen molar-refractivity contribution in [1.29, 1.82) is 0 Å². The Balaban J connectivity index is 4.53. The zero-order valence-corrected chi connectivity index (χ0v) is 18.5. The number of hydrazine groups is 1. The first-order valence-corrected chi connectivity index (χ1v) is 27.0. The summed E-state index contributed by atoms with van der Waals surface area (Å²) in [7, 11) is 0. The molecule has 6 heteroatoms. The zero-order chi connectivity index (χ0) is 14.6. The van der Waals surface area contributed by atoms with Gasteiger partial charge in [-0.15, -0.1) is 0 Å². The van der Waals surface area contributed by atoms with Gasteiger partial charge in [0.2, 0.25) is 0 Å². The van der Waals surface area contributed by atoms with E-state index in [0.29, 0.717) is 14.8 Å². The molecule has 0 aliphatic heterocycles. The van der Waals surface area contributed by atoms with Crippen molar-refractivity contribution >= 4 is 48.6 Å². The van der Waals surface area contributed by atoms with Crippen LogP contribution in [0.15, 0.2) is 0 Å². The summed E-state index contributed by atoms with van der Waals surface area (Å²) in [5.74, 6) is -0.168. The maximum atomic E-state index is 11.9.